The SMILES string of the molecule is O=NOP(=O)(O)O[N+](=O)[O-]. The third kappa shape index (κ3) is 3.75. The third-order valence-electron chi connectivity index (χ3n) is 0.306. The molecule has 1 unspecified atom stereocenters. The molecule has 0 aromatic carbocycles. The normalized spacial score (nSPS) is 14.9. The lowest BCUT2D eigenvalue weighted by atomic mass is 13.1. The summed E-state index contributed by atoms with van der Waals surface area (Å²) in [5.74, 6) is 0. The number of nitrogens with zero attached hydrogens (tertiary/aromatic N) is 2. The molecular formula is HN2O7P. The minimum absolute atomic E-state index is 1.47. The van der Waals surface area contributed by atoms with Gasteiger partial charge in [0, 0.05) is 0 Å². The van der Waals surface area contributed by atoms with Gasteiger partial charge in [-0.05, 0) is 0 Å². The molecule has 0 heterocycles. The largest absolute Gasteiger partial charge is 0.579 e. The molecule has 0 fully saturated rings. The molecule has 0 saturated heterocycles. The first-order valence-corrected chi connectivity index (χ1v) is 3.16. The van der Waals surface area contributed by atoms with E-state index in [1.54, 1.807) is 0 Å². The Hall–Kier alpha value is -1.21. The maximum atomic E-state index is 10.0. The van der Waals surface area contributed by atoms with Crippen molar-refractivity contribution in [3.63, 3.8) is 0 Å². The Bertz CT molecular complexity index is 184. The topological polar surface area (TPSA) is 128 Å². The highest BCUT2D eigenvalue weighted by atomic mass is 31.2. The van der Waals surface area contributed by atoms with E-state index < -0.39 is 12.9 Å². The van der Waals surface area contributed by atoms with Gasteiger partial charge >= 0.3 is 12.9 Å². The molecule has 58 valence electrons. The van der Waals surface area contributed by atoms with E-state index >= 15 is 0 Å². The first kappa shape index (κ1) is 8.79. The number of rotatable bonds is 4. The summed E-state index contributed by atoms with van der Waals surface area (Å²) in [5.41, 5.74) is 0. The Morgan fingerprint density at radius 3 is 2.50 bits per heavy atom. The number of phosphoric acid groups is 1. The van der Waals surface area contributed by atoms with Crippen molar-refractivity contribution in [2.24, 2.45) is 5.34 Å². The summed E-state index contributed by atoms with van der Waals surface area (Å²) in [5, 5.41) is 9.21. The van der Waals surface area contributed by atoms with E-state index in [9.17, 15) is 14.7 Å². The van der Waals surface area contributed by atoms with Gasteiger partial charge in [0.15, 0.2) is 5.34 Å². The van der Waals surface area contributed by atoms with E-state index in [0.717, 1.165) is 0 Å². The highest BCUT2D eigenvalue weighted by molar-refractivity contribution is 7.47. The standard InChI is InChI=1S/HN2O7P/c3-1-8-10(6,7)9-2(4)5/h(H,6,7). The van der Waals surface area contributed by atoms with Gasteiger partial charge in [0.05, 0.1) is 0 Å². The zero-order valence-corrected chi connectivity index (χ0v) is 5.13. The van der Waals surface area contributed by atoms with Crippen molar-refractivity contribution in [2.45, 2.75) is 0 Å². The van der Waals surface area contributed by atoms with E-state index in [4.69, 9.17) is 9.80 Å². The molecule has 10 heavy (non-hydrogen) atoms. The molecule has 0 spiro atoms. The first-order chi connectivity index (χ1) is 4.48. The second kappa shape index (κ2) is 3.08. The van der Waals surface area contributed by atoms with Crippen molar-refractivity contribution in [1.29, 1.82) is 0 Å². The molecule has 0 aromatic rings. The van der Waals surface area contributed by atoms with Crippen LogP contribution in [0.4, 0.5) is 0 Å². The van der Waals surface area contributed by atoms with Crippen molar-refractivity contribution < 1.29 is 23.8 Å². The van der Waals surface area contributed by atoms with Gasteiger partial charge in [-0.1, -0.05) is 0 Å². The lowest BCUT2D eigenvalue weighted by molar-refractivity contribution is -0.718. The monoisotopic (exact) mass is 172 g/mol. The van der Waals surface area contributed by atoms with E-state index in [-0.39, 0.29) is 0 Å². The van der Waals surface area contributed by atoms with Crippen LogP contribution in [-0.2, 0) is 13.8 Å². The summed E-state index contributed by atoms with van der Waals surface area (Å²) in [6.45, 7) is 0. The second-order valence-corrected chi connectivity index (χ2v) is 2.19. The Kier molecular flexibility index (Phi) is 2.71. The van der Waals surface area contributed by atoms with Crippen molar-refractivity contribution in [3.05, 3.63) is 15.0 Å². The fourth-order valence-electron chi connectivity index (χ4n) is 0.141. The Morgan fingerprint density at radius 2 is 2.20 bits per heavy atom. The van der Waals surface area contributed by atoms with Gasteiger partial charge in [0.2, 0.25) is 0 Å². The van der Waals surface area contributed by atoms with Crippen molar-refractivity contribution >= 4 is 7.82 Å². The highest BCUT2D eigenvalue weighted by Crippen LogP contribution is 2.43. The molecular weight excluding hydrogens is 171 g/mol. The molecule has 0 aliphatic carbocycles. The fraction of sp³-hybridized carbons (Fsp3) is 0. The summed E-state index contributed by atoms with van der Waals surface area (Å²) in [6, 6.07) is 0. The van der Waals surface area contributed by atoms with Gasteiger partial charge in [0.25, 0.3) is 0 Å². The van der Waals surface area contributed by atoms with Crippen LogP contribution >= 0.6 is 7.82 Å². The minimum Gasteiger partial charge on any atom is -0.294 e. The Labute approximate surface area is 53.2 Å². The average Bonchev–Trinajstić information content (AvgIpc) is 1.59. The van der Waals surface area contributed by atoms with Gasteiger partial charge in [-0.2, -0.15) is 4.62 Å². The van der Waals surface area contributed by atoms with E-state index in [2.05, 4.69) is 9.25 Å². The van der Waals surface area contributed by atoms with E-state index in [1.807, 2.05) is 0 Å². The van der Waals surface area contributed by atoms with Gasteiger partial charge in [0.1, 0.15) is 0 Å². The summed E-state index contributed by atoms with van der Waals surface area (Å²) in [6.07, 6.45) is 0. The van der Waals surface area contributed by atoms with Gasteiger partial charge in [-0.25, -0.2) is 4.57 Å². The molecule has 0 saturated carbocycles. The van der Waals surface area contributed by atoms with Crippen LogP contribution in [0.5, 0.6) is 0 Å². The first-order valence-electron chi connectivity index (χ1n) is 1.66. The number of hydrogen-bond acceptors (Lipinski definition) is 7. The van der Waals surface area contributed by atoms with Crippen molar-refractivity contribution in [2.75, 3.05) is 0 Å². The van der Waals surface area contributed by atoms with E-state index in [0.29, 0.717) is 0 Å². The lowest BCUT2D eigenvalue weighted by Crippen LogP contribution is -1.98. The summed E-state index contributed by atoms with van der Waals surface area (Å²) < 4.78 is 16.1. The van der Waals surface area contributed by atoms with Crippen molar-refractivity contribution in [3.8, 4) is 0 Å². The predicted molar refractivity (Wildman–Crippen MR) is 24.8 cm³/mol. The molecule has 0 amide bonds. The fourth-order valence-corrected chi connectivity index (χ4v) is 0.424. The maximum Gasteiger partial charge on any atom is 0.579 e. The summed E-state index contributed by atoms with van der Waals surface area (Å²) in [4.78, 5) is 26.5. The zero-order valence-electron chi connectivity index (χ0n) is 4.24. The Morgan fingerprint density at radius 1 is 1.70 bits per heavy atom. The molecule has 0 bridgehead atoms. The van der Waals surface area contributed by atoms with Crippen LogP contribution < -0.4 is 0 Å². The van der Waals surface area contributed by atoms with Crippen LogP contribution in [0, 0.1) is 15.0 Å². The van der Waals surface area contributed by atoms with Crippen LogP contribution in [0.15, 0.2) is 5.34 Å². The molecule has 10 heteroatoms. The molecule has 0 rings (SSSR count). The highest BCUT2D eigenvalue weighted by Gasteiger charge is 2.27. The van der Waals surface area contributed by atoms with E-state index in [1.165, 1.54) is 5.34 Å². The van der Waals surface area contributed by atoms with Crippen LogP contribution in [-0.4, -0.2) is 9.98 Å². The van der Waals surface area contributed by atoms with Crippen LogP contribution in [0.1, 0.15) is 0 Å². The summed E-state index contributed by atoms with van der Waals surface area (Å²) in [7, 11) is -4.93. The second-order valence-electron chi connectivity index (χ2n) is 0.930. The third-order valence-corrected chi connectivity index (χ3v) is 0.919. The molecule has 1 N–H and O–H groups in total. The molecule has 1 atom stereocenters. The summed E-state index contributed by atoms with van der Waals surface area (Å²) >= 11 is 0. The Balaban J connectivity index is 3.99. The molecule has 0 radical (unpaired) electrons. The smallest absolute Gasteiger partial charge is 0.294 e. The van der Waals surface area contributed by atoms with Gasteiger partial charge < -0.3 is 0 Å². The molecule has 9 nitrogen and oxygen atoms in total. The average molecular weight is 172 g/mol. The van der Waals surface area contributed by atoms with Gasteiger partial charge in [-0.15, -0.1) is 15.0 Å². The predicted octanol–water partition coefficient (Wildman–Crippen LogP) is -0.00690. The van der Waals surface area contributed by atoms with Crippen LogP contribution in [0.3, 0.4) is 0 Å². The lowest BCUT2D eigenvalue weighted by Gasteiger charge is -1.99. The molecule has 0 aliphatic rings. The van der Waals surface area contributed by atoms with Crippen LogP contribution in [0.25, 0.3) is 0 Å². The van der Waals surface area contributed by atoms with Crippen molar-refractivity contribution in [1.82, 2.24) is 0 Å². The molecule has 0 aliphatic heterocycles. The molecule has 0 aromatic heterocycles. The zero-order chi connectivity index (χ0) is 8.20. The van der Waals surface area contributed by atoms with Crippen LogP contribution in [0.2, 0.25) is 0 Å². The quantitative estimate of drug-likeness (QED) is 0.273. The number of hydrogen-bond donors (Lipinski definition) is 1. The maximum absolute atomic E-state index is 10.0. The van der Waals surface area contributed by atoms with Gasteiger partial charge in [-0.3, -0.25) is 9.52 Å². The minimum atomic E-state index is -4.93.